The Balaban J connectivity index is 2.31. The molecule has 4 N–H and O–H groups in total. The van der Waals surface area contributed by atoms with Crippen LogP contribution < -0.4 is 0 Å². The van der Waals surface area contributed by atoms with Crippen molar-refractivity contribution in [2.75, 3.05) is 19.0 Å². The molecule has 0 radical (unpaired) electrons. The number of aliphatic hydroxyl groups excluding tert-OH is 3. The van der Waals surface area contributed by atoms with E-state index in [9.17, 15) is 37.9 Å². The van der Waals surface area contributed by atoms with Gasteiger partial charge in [-0.05, 0) is 38.5 Å². The van der Waals surface area contributed by atoms with Crippen molar-refractivity contribution >= 4 is 22.1 Å². The van der Waals surface area contributed by atoms with Gasteiger partial charge in [0.25, 0.3) is 10.1 Å². The standard InChI is InChI=1S/C55H104O12S/c1-3-5-7-9-11-13-15-17-19-21-23-24-26-28-30-32-34-36-38-40-42-44-51(57)66-48(46-65-55-54(60)53(59)52(58)49(67-55)47-68(61,62)63)45-64-50(56)43-41-39-37-35-33-31-29-27-25-22-20-18-16-14-12-10-8-6-4-2/h18,20,48-49,52-55,58-60H,3-17,19,21-47H2,1-2H3,(H,61,62,63)/b20-18+/t48-,49-,52-,53?,54?,55+/m1/s1. The minimum Gasteiger partial charge on any atom is -0.462 e. The van der Waals surface area contributed by atoms with E-state index in [0.29, 0.717) is 12.8 Å². The van der Waals surface area contributed by atoms with Gasteiger partial charge in [0.05, 0.1) is 6.61 Å². The Kier molecular flexibility index (Phi) is 42.9. The van der Waals surface area contributed by atoms with Crippen molar-refractivity contribution in [1.29, 1.82) is 0 Å². The van der Waals surface area contributed by atoms with Gasteiger partial charge in [-0.2, -0.15) is 8.42 Å². The number of hydrogen-bond acceptors (Lipinski definition) is 11. The first-order valence-electron chi connectivity index (χ1n) is 28.2. The van der Waals surface area contributed by atoms with Crippen LogP contribution in [0.3, 0.4) is 0 Å². The molecule has 1 saturated heterocycles. The number of hydrogen-bond donors (Lipinski definition) is 4. The molecule has 0 aromatic rings. The fourth-order valence-electron chi connectivity index (χ4n) is 8.97. The lowest BCUT2D eigenvalue weighted by molar-refractivity contribution is -0.297. The number of carbonyl (C=O) groups excluding carboxylic acids is 2. The van der Waals surface area contributed by atoms with Crippen molar-refractivity contribution in [3.8, 4) is 0 Å². The molecule has 0 aromatic carbocycles. The molecule has 2 unspecified atom stereocenters. The minimum absolute atomic E-state index is 0.171. The van der Waals surface area contributed by atoms with Gasteiger partial charge in [-0.15, -0.1) is 0 Å². The van der Waals surface area contributed by atoms with Crippen LogP contribution in [-0.4, -0.2) is 96.0 Å². The van der Waals surface area contributed by atoms with E-state index >= 15 is 0 Å². The highest BCUT2D eigenvalue weighted by Gasteiger charge is 2.46. The predicted molar refractivity (Wildman–Crippen MR) is 275 cm³/mol. The van der Waals surface area contributed by atoms with Crippen LogP contribution in [-0.2, 0) is 38.7 Å². The van der Waals surface area contributed by atoms with E-state index in [1.807, 2.05) is 0 Å². The molecule has 0 saturated carbocycles. The molecular formula is C55H104O12S. The van der Waals surface area contributed by atoms with Gasteiger partial charge in [-0.25, -0.2) is 0 Å². The second-order valence-corrected chi connectivity index (χ2v) is 21.5. The average molecular weight is 989 g/mol. The Morgan fingerprint density at radius 2 is 0.838 bits per heavy atom. The molecular weight excluding hydrogens is 885 g/mol. The van der Waals surface area contributed by atoms with Gasteiger partial charge in [0.2, 0.25) is 0 Å². The summed E-state index contributed by atoms with van der Waals surface area (Å²) in [5.74, 6) is -1.96. The monoisotopic (exact) mass is 989 g/mol. The van der Waals surface area contributed by atoms with E-state index in [4.69, 9.17) is 18.9 Å². The zero-order valence-corrected chi connectivity index (χ0v) is 44.3. The molecule has 1 aliphatic heterocycles. The first-order chi connectivity index (χ1) is 33.0. The van der Waals surface area contributed by atoms with Crippen LogP contribution in [0, 0.1) is 0 Å². The molecule has 6 atom stereocenters. The number of ether oxygens (including phenoxy) is 4. The summed E-state index contributed by atoms with van der Waals surface area (Å²) in [5.41, 5.74) is 0. The SMILES string of the molecule is CCCCCCCC/C=C/CCCCCCCCCCCC(=O)OC[C@H](CO[C@H]1O[C@H](CS(=O)(=O)O)[C@@H](O)C(O)C1O)OC(=O)CCCCCCCCCCCCCCCCCCCCCCC. The summed E-state index contributed by atoms with van der Waals surface area (Å²) < 4.78 is 54.4. The Hall–Kier alpha value is -1.61. The predicted octanol–water partition coefficient (Wildman–Crippen LogP) is 13.4. The quantitative estimate of drug-likeness (QED) is 0.0196. The molecule has 1 fully saturated rings. The number of aliphatic hydroxyl groups is 3. The molecule has 0 amide bonds. The van der Waals surface area contributed by atoms with E-state index in [-0.39, 0.29) is 19.4 Å². The zero-order chi connectivity index (χ0) is 49.8. The van der Waals surface area contributed by atoms with Crippen molar-refractivity contribution < 1.29 is 56.8 Å². The maximum Gasteiger partial charge on any atom is 0.306 e. The fourth-order valence-corrected chi connectivity index (χ4v) is 9.66. The zero-order valence-electron chi connectivity index (χ0n) is 43.5. The van der Waals surface area contributed by atoms with E-state index < -0.39 is 71.2 Å². The molecule has 0 bridgehead atoms. The average Bonchev–Trinajstić information content (AvgIpc) is 3.31. The van der Waals surface area contributed by atoms with Crippen LogP contribution in [0.1, 0.15) is 271 Å². The topological polar surface area (TPSA) is 186 Å². The normalized spacial score (nSPS) is 19.2. The third-order valence-electron chi connectivity index (χ3n) is 13.3. The molecule has 0 aliphatic carbocycles. The van der Waals surface area contributed by atoms with Crippen molar-refractivity contribution in [1.82, 2.24) is 0 Å². The molecule has 13 heteroatoms. The molecule has 1 rings (SSSR count). The van der Waals surface area contributed by atoms with Crippen LogP contribution in [0.15, 0.2) is 12.2 Å². The Labute approximate surface area is 416 Å². The van der Waals surface area contributed by atoms with Gasteiger partial charge in [-0.1, -0.05) is 231 Å². The van der Waals surface area contributed by atoms with Crippen molar-refractivity contribution in [3.05, 3.63) is 12.2 Å². The Bertz CT molecular complexity index is 1300. The van der Waals surface area contributed by atoms with E-state index in [0.717, 1.165) is 38.5 Å². The van der Waals surface area contributed by atoms with Crippen LogP contribution in [0.25, 0.3) is 0 Å². The summed E-state index contributed by atoms with van der Waals surface area (Å²) >= 11 is 0. The first-order valence-corrected chi connectivity index (χ1v) is 29.9. The van der Waals surface area contributed by atoms with Crippen LogP contribution in [0.2, 0.25) is 0 Å². The lowest BCUT2D eigenvalue weighted by Gasteiger charge is -2.40. The van der Waals surface area contributed by atoms with Crippen LogP contribution >= 0.6 is 0 Å². The summed E-state index contributed by atoms with van der Waals surface area (Å²) in [5, 5.41) is 31.0. The molecule has 1 heterocycles. The van der Waals surface area contributed by atoms with Crippen LogP contribution in [0.4, 0.5) is 0 Å². The number of unbranched alkanes of at least 4 members (excludes halogenated alkanes) is 35. The highest BCUT2D eigenvalue weighted by atomic mass is 32.2. The molecule has 0 aromatic heterocycles. The first kappa shape index (κ1) is 64.4. The maximum atomic E-state index is 12.9. The highest BCUT2D eigenvalue weighted by Crippen LogP contribution is 2.24. The molecule has 1 aliphatic rings. The Morgan fingerprint density at radius 1 is 0.485 bits per heavy atom. The summed E-state index contributed by atoms with van der Waals surface area (Å²) in [4.78, 5) is 25.6. The second kappa shape index (κ2) is 45.3. The largest absolute Gasteiger partial charge is 0.462 e. The summed E-state index contributed by atoms with van der Waals surface area (Å²) in [6.45, 7) is 3.82. The number of rotatable bonds is 49. The van der Waals surface area contributed by atoms with Crippen molar-refractivity contribution in [3.63, 3.8) is 0 Å². The lowest BCUT2D eigenvalue weighted by atomic mass is 10.00. The van der Waals surface area contributed by atoms with E-state index in [1.54, 1.807) is 0 Å². The smallest absolute Gasteiger partial charge is 0.306 e. The molecule has 402 valence electrons. The van der Waals surface area contributed by atoms with Crippen molar-refractivity contribution in [2.24, 2.45) is 0 Å². The lowest BCUT2D eigenvalue weighted by Crippen LogP contribution is -2.60. The summed E-state index contributed by atoms with van der Waals surface area (Å²) in [6.07, 6.45) is 42.5. The fraction of sp³-hybridized carbons (Fsp3) is 0.927. The van der Waals surface area contributed by atoms with Crippen LogP contribution in [0.5, 0.6) is 0 Å². The third kappa shape index (κ3) is 39.1. The van der Waals surface area contributed by atoms with Gasteiger partial charge in [0.15, 0.2) is 12.4 Å². The van der Waals surface area contributed by atoms with Crippen molar-refractivity contribution in [2.45, 2.75) is 307 Å². The maximum absolute atomic E-state index is 12.9. The molecule has 12 nitrogen and oxygen atoms in total. The Morgan fingerprint density at radius 3 is 1.22 bits per heavy atom. The molecule has 0 spiro atoms. The minimum atomic E-state index is -4.60. The summed E-state index contributed by atoms with van der Waals surface area (Å²) in [7, 11) is -4.60. The number of carbonyl (C=O) groups is 2. The van der Waals surface area contributed by atoms with Gasteiger partial charge >= 0.3 is 11.9 Å². The van der Waals surface area contributed by atoms with E-state index in [2.05, 4.69) is 26.0 Å². The third-order valence-corrected chi connectivity index (χ3v) is 14.1. The van der Waals surface area contributed by atoms with Gasteiger partial charge in [0.1, 0.15) is 36.8 Å². The second-order valence-electron chi connectivity index (χ2n) is 20.0. The van der Waals surface area contributed by atoms with Gasteiger partial charge in [-0.3, -0.25) is 14.1 Å². The number of esters is 2. The van der Waals surface area contributed by atoms with Gasteiger partial charge in [0, 0.05) is 12.8 Å². The van der Waals surface area contributed by atoms with E-state index in [1.165, 1.54) is 193 Å². The number of allylic oxidation sites excluding steroid dienone is 2. The summed E-state index contributed by atoms with van der Waals surface area (Å²) in [6, 6.07) is 0. The molecule has 68 heavy (non-hydrogen) atoms. The highest BCUT2D eigenvalue weighted by molar-refractivity contribution is 7.85. The van der Waals surface area contributed by atoms with Gasteiger partial charge < -0.3 is 34.3 Å².